The van der Waals surface area contributed by atoms with Gasteiger partial charge in [-0.1, -0.05) is 0 Å². The first-order valence-electron chi connectivity index (χ1n) is 15.7. The van der Waals surface area contributed by atoms with Crippen LogP contribution in [0.25, 0.3) is 11.1 Å². The zero-order valence-corrected chi connectivity index (χ0v) is 28.4. The molecule has 4 aromatic rings. The molecule has 0 bridgehead atoms. The van der Waals surface area contributed by atoms with Crippen molar-refractivity contribution in [2.24, 2.45) is 0 Å². The number of esters is 1. The number of benzene rings is 4. The van der Waals surface area contributed by atoms with Crippen molar-refractivity contribution in [3.8, 4) is 11.1 Å². The molecule has 2 aliphatic heterocycles. The third kappa shape index (κ3) is 5.28. The second-order valence-corrected chi connectivity index (χ2v) is 15.9. The molecule has 240 valence electrons. The molecule has 2 heterocycles. The summed E-state index contributed by atoms with van der Waals surface area (Å²) >= 11 is -0.323. The Kier molecular flexibility index (Phi) is 7.85. The SMILES string of the molecule is COC(=O)[C@@H]1CC2([Se]c3ccccc3)c3ccccc3N(C(=O)OC(C)(C)C)C2N1C(=O)OCC1c2ccccc2-c2ccccc21. The third-order valence-corrected chi connectivity index (χ3v) is 12.1. The monoisotopic (exact) mass is 696 g/mol. The van der Waals surface area contributed by atoms with Crippen LogP contribution in [0.2, 0.25) is 0 Å². The molecule has 1 saturated heterocycles. The number of likely N-dealkylation sites (tertiary alicyclic amines) is 1. The zero-order chi connectivity index (χ0) is 32.9. The summed E-state index contributed by atoms with van der Waals surface area (Å²) in [6.45, 7) is 5.50. The van der Waals surface area contributed by atoms with Gasteiger partial charge in [-0.3, -0.25) is 0 Å². The first-order valence-corrected chi connectivity index (χ1v) is 17.4. The minimum atomic E-state index is -0.982. The Balaban J connectivity index is 1.31. The van der Waals surface area contributed by atoms with Gasteiger partial charge in [0.25, 0.3) is 0 Å². The van der Waals surface area contributed by atoms with Crippen molar-refractivity contribution in [3.05, 3.63) is 120 Å². The summed E-state index contributed by atoms with van der Waals surface area (Å²) in [6, 6.07) is 33.0. The van der Waals surface area contributed by atoms with Crippen molar-refractivity contribution in [2.45, 2.75) is 55.2 Å². The number of hydrogen-bond acceptors (Lipinski definition) is 6. The molecule has 8 nitrogen and oxygen atoms in total. The number of fused-ring (bicyclic) bond motifs is 6. The predicted octanol–water partition coefficient (Wildman–Crippen LogP) is 6.19. The van der Waals surface area contributed by atoms with Crippen LogP contribution in [-0.2, 0) is 23.3 Å². The maximum absolute atomic E-state index is 14.5. The van der Waals surface area contributed by atoms with E-state index in [0.29, 0.717) is 5.69 Å². The predicted molar refractivity (Wildman–Crippen MR) is 180 cm³/mol. The molecule has 2 amide bonds. The summed E-state index contributed by atoms with van der Waals surface area (Å²) in [5.74, 6) is -0.732. The molecule has 4 aromatic carbocycles. The first kappa shape index (κ1) is 31.0. The molecule has 7 rings (SSSR count). The number of hydrogen-bond donors (Lipinski definition) is 0. The second kappa shape index (κ2) is 11.9. The molecular weight excluding hydrogens is 659 g/mol. The molecule has 47 heavy (non-hydrogen) atoms. The number of para-hydroxylation sites is 1. The van der Waals surface area contributed by atoms with Gasteiger partial charge in [-0.15, -0.1) is 0 Å². The maximum atomic E-state index is 14.5. The molecule has 0 saturated carbocycles. The number of nitrogens with zero attached hydrogens (tertiary/aromatic N) is 2. The van der Waals surface area contributed by atoms with Crippen LogP contribution in [0.5, 0.6) is 0 Å². The Morgan fingerprint density at radius 2 is 1.40 bits per heavy atom. The van der Waals surface area contributed by atoms with Crippen LogP contribution in [-0.4, -0.2) is 69.5 Å². The van der Waals surface area contributed by atoms with Crippen LogP contribution in [0.1, 0.15) is 49.8 Å². The van der Waals surface area contributed by atoms with Crippen LogP contribution in [0, 0.1) is 0 Å². The molecule has 0 N–H and O–H groups in total. The van der Waals surface area contributed by atoms with E-state index < -0.39 is 40.3 Å². The van der Waals surface area contributed by atoms with Crippen molar-refractivity contribution < 1.29 is 28.6 Å². The van der Waals surface area contributed by atoms with Crippen LogP contribution in [0.15, 0.2) is 103 Å². The normalized spacial score (nSPS) is 21.0. The van der Waals surface area contributed by atoms with E-state index in [0.717, 1.165) is 32.3 Å². The summed E-state index contributed by atoms with van der Waals surface area (Å²) in [5.41, 5.74) is 5.15. The number of rotatable bonds is 5. The minimum absolute atomic E-state index is 0.0696. The molecule has 2 unspecified atom stereocenters. The summed E-state index contributed by atoms with van der Waals surface area (Å²) in [7, 11) is 1.32. The molecule has 9 heteroatoms. The van der Waals surface area contributed by atoms with Gasteiger partial charge in [0.15, 0.2) is 0 Å². The second-order valence-electron chi connectivity index (χ2n) is 13.0. The van der Waals surface area contributed by atoms with E-state index in [1.54, 1.807) is 4.90 Å². The topological polar surface area (TPSA) is 85.4 Å². The Morgan fingerprint density at radius 1 is 0.809 bits per heavy atom. The van der Waals surface area contributed by atoms with Gasteiger partial charge in [-0.25, -0.2) is 0 Å². The average molecular weight is 696 g/mol. The zero-order valence-electron chi connectivity index (χ0n) is 26.7. The van der Waals surface area contributed by atoms with Crippen LogP contribution in [0.4, 0.5) is 15.3 Å². The fourth-order valence-corrected chi connectivity index (χ4v) is 10.5. The van der Waals surface area contributed by atoms with E-state index in [1.807, 2.05) is 99.6 Å². The van der Waals surface area contributed by atoms with Crippen molar-refractivity contribution in [3.63, 3.8) is 0 Å². The number of anilines is 1. The molecule has 0 aromatic heterocycles. The Labute approximate surface area is 280 Å². The summed E-state index contributed by atoms with van der Waals surface area (Å²) in [5, 5.41) is 0. The van der Waals surface area contributed by atoms with Crippen LogP contribution >= 0.6 is 0 Å². The van der Waals surface area contributed by atoms with Gasteiger partial charge in [0, 0.05) is 0 Å². The van der Waals surface area contributed by atoms with E-state index in [-0.39, 0.29) is 33.9 Å². The van der Waals surface area contributed by atoms with Crippen molar-refractivity contribution in [1.82, 2.24) is 4.90 Å². The van der Waals surface area contributed by atoms with E-state index >= 15 is 0 Å². The Bertz CT molecular complexity index is 1810. The molecule has 3 aliphatic rings. The fraction of sp³-hybridized carbons (Fsp3) is 0.289. The quantitative estimate of drug-likeness (QED) is 0.141. The van der Waals surface area contributed by atoms with Gasteiger partial charge in [0.2, 0.25) is 0 Å². The van der Waals surface area contributed by atoms with Gasteiger partial charge < -0.3 is 0 Å². The van der Waals surface area contributed by atoms with Crippen molar-refractivity contribution in [1.29, 1.82) is 0 Å². The van der Waals surface area contributed by atoms with Gasteiger partial charge in [-0.05, 0) is 0 Å². The van der Waals surface area contributed by atoms with Crippen LogP contribution in [0.3, 0.4) is 0 Å². The molecule has 0 radical (unpaired) electrons. The van der Waals surface area contributed by atoms with E-state index in [4.69, 9.17) is 14.2 Å². The molecule has 0 spiro atoms. The van der Waals surface area contributed by atoms with E-state index in [1.165, 1.54) is 12.0 Å². The summed E-state index contributed by atoms with van der Waals surface area (Å²) < 4.78 is 17.7. The number of carbonyl (C=O) groups excluding carboxylic acids is 3. The Hall–Kier alpha value is -4.59. The first-order chi connectivity index (χ1) is 22.6. The molecule has 1 aliphatic carbocycles. The Morgan fingerprint density at radius 3 is 2.04 bits per heavy atom. The molecule has 1 fully saturated rings. The average Bonchev–Trinajstić information content (AvgIpc) is 3.66. The van der Waals surface area contributed by atoms with Gasteiger partial charge in [0.1, 0.15) is 0 Å². The summed E-state index contributed by atoms with van der Waals surface area (Å²) in [4.78, 5) is 45.2. The number of ether oxygens (including phenoxy) is 3. The van der Waals surface area contributed by atoms with Gasteiger partial charge in [-0.2, -0.15) is 0 Å². The van der Waals surface area contributed by atoms with Crippen molar-refractivity contribution >= 4 is 43.3 Å². The number of carbonyl (C=O) groups is 3. The number of methoxy groups -OCH3 is 1. The fourth-order valence-electron chi connectivity index (χ4n) is 7.23. The number of amides is 2. The van der Waals surface area contributed by atoms with Crippen LogP contribution < -0.4 is 9.36 Å². The van der Waals surface area contributed by atoms with Gasteiger partial charge >= 0.3 is 282 Å². The third-order valence-electron chi connectivity index (χ3n) is 9.03. The van der Waals surface area contributed by atoms with E-state index in [2.05, 4.69) is 24.3 Å². The standard InChI is InChI=1S/C38H36N2O6Se/c1-37(2,3)46-36(43)39-31-21-13-12-20-30(31)38(47-24-14-6-5-7-15-24)22-32(33(41)44-4)40(34(38)39)35(42)45-23-29-27-18-10-8-16-25(27)26-17-9-11-19-28(26)29/h5-21,29,32,34H,22-23H2,1-4H3/t32-,34?,38?/m0/s1. The molecule has 3 atom stereocenters. The molecular formula is C38H36N2O6Se. The van der Waals surface area contributed by atoms with Crippen molar-refractivity contribution in [2.75, 3.05) is 18.6 Å². The summed E-state index contributed by atoms with van der Waals surface area (Å²) in [6.07, 6.45) is -1.89. The van der Waals surface area contributed by atoms with Gasteiger partial charge in [0.05, 0.1) is 0 Å². The van der Waals surface area contributed by atoms with E-state index in [9.17, 15) is 14.4 Å².